The lowest BCUT2D eigenvalue weighted by Crippen LogP contribution is -2.45. The van der Waals surface area contributed by atoms with Gasteiger partial charge in [0.1, 0.15) is 0 Å². The van der Waals surface area contributed by atoms with Crippen LogP contribution in [0.1, 0.15) is 30.9 Å². The number of likely N-dealkylation sites (N-methyl/N-ethyl adjacent to an activating group) is 1. The van der Waals surface area contributed by atoms with Gasteiger partial charge in [-0.25, -0.2) is 0 Å². The van der Waals surface area contributed by atoms with Gasteiger partial charge in [0.2, 0.25) is 0 Å². The highest BCUT2D eigenvalue weighted by molar-refractivity contribution is 5.24. The minimum Gasteiger partial charge on any atom is -0.304 e. The molecule has 0 aromatic heterocycles. The summed E-state index contributed by atoms with van der Waals surface area (Å²) in [7, 11) is 2.21. The van der Waals surface area contributed by atoms with Crippen molar-refractivity contribution >= 4 is 0 Å². The standard InChI is InChI=1S/C16H26N2/c1-14(2)16-6-4-15(5-7-16)8-9-18-12-10-17(3)11-13-18/h4-7,14H,8-13H2,1-3H3. The predicted molar refractivity (Wildman–Crippen MR) is 78.2 cm³/mol. The first-order valence-corrected chi connectivity index (χ1v) is 7.15. The van der Waals surface area contributed by atoms with Crippen molar-refractivity contribution in [3.63, 3.8) is 0 Å². The molecule has 0 saturated carbocycles. The normalized spacial score (nSPS) is 18.4. The van der Waals surface area contributed by atoms with Crippen molar-refractivity contribution in [3.05, 3.63) is 35.4 Å². The molecule has 0 aliphatic carbocycles. The van der Waals surface area contributed by atoms with Crippen molar-refractivity contribution < 1.29 is 0 Å². The molecular formula is C16H26N2. The molecule has 2 heteroatoms. The first-order valence-electron chi connectivity index (χ1n) is 7.15. The predicted octanol–water partition coefficient (Wildman–Crippen LogP) is 2.60. The first-order chi connectivity index (χ1) is 8.65. The average molecular weight is 246 g/mol. The van der Waals surface area contributed by atoms with E-state index in [-0.39, 0.29) is 0 Å². The van der Waals surface area contributed by atoms with E-state index in [1.807, 2.05) is 0 Å². The van der Waals surface area contributed by atoms with E-state index in [2.05, 4.69) is 55.0 Å². The number of hydrogen-bond acceptors (Lipinski definition) is 2. The van der Waals surface area contributed by atoms with Crippen molar-refractivity contribution in [3.8, 4) is 0 Å². The largest absolute Gasteiger partial charge is 0.304 e. The van der Waals surface area contributed by atoms with Crippen LogP contribution in [0.25, 0.3) is 0 Å². The molecular weight excluding hydrogens is 220 g/mol. The van der Waals surface area contributed by atoms with Gasteiger partial charge in [-0.3, -0.25) is 0 Å². The Labute approximate surface area is 112 Å². The summed E-state index contributed by atoms with van der Waals surface area (Å²) in [6.45, 7) is 10.6. The lowest BCUT2D eigenvalue weighted by Gasteiger charge is -2.32. The van der Waals surface area contributed by atoms with E-state index in [0.29, 0.717) is 5.92 Å². The molecule has 1 saturated heterocycles. The van der Waals surface area contributed by atoms with E-state index in [1.165, 1.54) is 50.3 Å². The SMILES string of the molecule is CC(C)c1ccc(CCN2CCN(C)CC2)cc1. The number of piperazine rings is 1. The maximum absolute atomic E-state index is 2.58. The van der Waals surface area contributed by atoms with Crippen molar-refractivity contribution in [1.29, 1.82) is 0 Å². The number of benzene rings is 1. The molecule has 0 atom stereocenters. The Kier molecular flexibility index (Phi) is 4.79. The molecule has 0 radical (unpaired) electrons. The lowest BCUT2D eigenvalue weighted by atomic mass is 10.0. The van der Waals surface area contributed by atoms with Gasteiger partial charge in [0.25, 0.3) is 0 Å². The molecule has 1 aromatic carbocycles. The summed E-state index contributed by atoms with van der Waals surface area (Å²) < 4.78 is 0. The summed E-state index contributed by atoms with van der Waals surface area (Å²) in [4.78, 5) is 4.99. The Morgan fingerprint density at radius 1 is 1.00 bits per heavy atom. The minimum absolute atomic E-state index is 0.636. The number of hydrogen-bond donors (Lipinski definition) is 0. The quantitative estimate of drug-likeness (QED) is 0.806. The van der Waals surface area contributed by atoms with Gasteiger partial charge in [0.05, 0.1) is 0 Å². The molecule has 18 heavy (non-hydrogen) atoms. The highest BCUT2D eigenvalue weighted by Crippen LogP contribution is 2.15. The second-order valence-electron chi connectivity index (χ2n) is 5.79. The summed E-state index contributed by atoms with van der Waals surface area (Å²) in [6, 6.07) is 9.16. The van der Waals surface area contributed by atoms with Crippen LogP contribution in [0.5, 0.6) is 0 Å². The Hall–Kier alpha value is -0.860. The van der Waals surface area contributed by atoms with Crippen LogP contribution in [0.2, 0.25) is 0 Å². The van der Waals surface area contributed by atoms with E-state index in [0.717, 1.165) is 0 Å². The second kappa shape index (κ2) is 6.35. The third-order valence-electron chi connectivity index (χ3n) is 3.96. The molecule has 0 unspecified atom stereocenters. The fourth-order valence-corrected chi connectivity index (χ4v) is 2.43. The van der Waals surface area contributed by atoms with E-state index in [1.54, 1.807) is 0 Å². The van der Waals surface area contributed by atoms with Crippen LogP contribution in [-0.4, -0.2) is 49.6 Å². The summed E-state index contributed by atoms with van der Waals surface area (Å²) in [5, 5.41) is 0. The van der Waals surface area contributed by atoms with Gasteiger partial charge in [-0.05, 0) is 30.5 Å². The molecule has 1 fully saturated rings. The molecule has 1 aromatic rings. The molecule has 2 rings (SSSR count). The van der Waals surface area contributed by atoms with E-state index in [9.17, 15) is 0 Å². The van der Waals surface area contributed by atoms with Crippen LogP contribution >= 0.6 is 0 Å². The van der Waals surface area contributed by atoms with Crippen molar-refractivity contribution in [2.75, 3.05) is 39.8 Å². The molecule has 0 bridgehead atoms. The second-order valence-corrected chi connectivity index (χ2v) is 5.79. The van der Waals surface area contributed by atoms with Crippen LogP contribution in [0.15, 0.2) is 24.3 Å². The van der Waals surface area contributed by atoms with E-state index >= 15 is 0 Å². The average Bonchev–Trinajstić information content (AvgIpc) is 2.38. The fraction of sp³-hybridized carbons (Fsp3) is 0.625. The summed E-state index contributed by atoms with van der Waals surface area (Å²) in [6.07, 6.45) is 1.18. The Balaban J connectivity index is 1.79. The number of rotatable bonds is 4. The minimum atomic E-state index is 0.636. The fourth-order valence-electron chi connectivity index (χ4n) is 2.43. The highest BCUT2D eigenvalue weighted by Gasteiger charge is 2.13. The van der Waals surface area contributed by atoms with Crippen LogP contribution in [0.3, 0.4) is 0 Å². The third kappa shape index (κ3) is 3.82. The maximum atomic E-state index is 2.58. The van der Waals surface area contributed by atoms with Crippen LogP contribution in [0, 0.1) is 0 Å². The van der Waals surface area contributed by atoms with Crippen LogP contribution in [0.4, 0.5) is 0 Å². The molecule has 0 spiro atoms. The summed E-state index contributed by atoms with van der Waals surface area (Å²) >= 11 is 0. The third-order valence-corrected chi connectivity index (χ3v) is 3.96. The smallest absolute Gasteiger partial charge is 0.0110 e. The van der Waals surface area contributed by atoms with Crippen molar-refractivity contribution in [2.45, 2.75) is 26.2 Å². The van der Waals surface area contributed by atoms with Gasteiger partial charge < -0.3 is 9.80 Å². The topological polar surface area (TPSA) is 6.48 Å². The van der Waals surface area contributed by atoms with E-state index < -0.39 is 0 Å². The Bertz CT molecular complexity index is 348. The Morgan fingerprint density at radius 2 is 1.61 bits per heavy atom. The zero-order valence-corrected chi connectivity index (χ0v) is 12.0. The summed E-state index contributed by atoms with van der Waals surface area (Å²) in [5.41, 5.74) is 2.91. The Morgan fingerprint density at radius 3 is 2.17 bits per heavy atom. The highest BCUT2D eigenvalue weighted by atomic mass is 15.2. The molecule has 0 N–H and O–H groups in total. The maximum Gasteiger partial charge on any atom is 0.0110 e. The van der Waals surface area contributed by atoms with Gasteiger partial charge in [-0.15, -0.1) is 0 Å². The van der Waals surface area contributed by atoms with Gasteiger partial charge in [-0.1, -0.05) is 38.1 Å². The molecule has 2 nitrogen and oxygen atoms in total. The van der Waals surface area contributed by atoms with E-state index in [4.69, 9.17) is 0 Å². The molecule has 0 amide bonds. The molecule has 1 aliphatic heterocycles. The molecule has 1 heterocycles. The van der Waals surface area contributed by atoms with Crippen molar-refractivity contribution in [2.24, 2.45) is 0 Å². The zero-order valence-electron chi connectivity index (χ0n) is 12.0. The van der Waals surface area contributed by atoms with Crippen LogP contribution in [-0.2, 0) is 6.42 Å². The van der Waals surface area contributed by atoms with Gasteiger partial charge >= 0.3 is 0 Å². The zero-order chi connectivity index (χ0) is 13.0. The first kappa shape index (κ1) is 13.6. The van der Waals surface area contributed by atoms with Crippen LogP contribution < -0.4 is 0 Å². The number of nitrogens with zero attached hydrogens (tertiary/aromatic N) is 2. The lowest BCUT2D eigenvalue weighted by molar-refractivity contribution is 0.155. The summed E-state index contributed by atoms with van der Waals surface area (Å²) in [5.74, 6) is 0.636. The van der Waals surface area contributed by atoms with Gasteiger partial charge in [-0.2, -0.15) is 0 Å². The van der Waals surface area contributed by atoms with Gasteiger partial charge in [0.15, 0.2) is 0 Å². The molecule has 100 valence electrons. The van der Waals surface area contributed by atoms with Crippen molar-refractivity contribution in [1.82, 2.24) is 9.80 Å². The molecule has 1 aliphatic rings. The van der Waals surface area contributed by atoms with Gasteiger partial charge in [0, 0.05) is 32.7 Å². The monoisotopic (exact) mass is 246 g/mol.